The van der Waals surface area contributed by atoms with Crippen LogP contribution in [0.25, 0.3) is 62.6 Å². The Kier molecular flexibility index (Phi) is 10.6. The molecule has 1 aliphatic rings. The van der Waals surface area contributed by atoms with Gasteiger partial charge in [-0.1, -0.05) is 147 Å². The average molecular weight is 984 g/mol. The molecule has 0 aliphatic heterocycles. The van der Waals surface area contributed by atoms with E-state index in [0.717, 1.165) is 51.2 Å². The summed E-state index contributed by atoms with van der Waals surface area (Å²) in [4.78, 5) is 7.16. The van der Waals surface area contributed by atoms with Crippen molar-refractivity contribution in [1.82, 2.24) is 0 Å². The van der Waals surface area contributed by atoms with Crippen LogP contribution in [0, 0.1) is 0 Å². The van der Waals surface area contributed by atoms with E-state index in [2.05, 4.69) is 289 Å². The van der Waals surface area contributed by atoms with Gasteiger partial charge >= 0.3 is 0 Å². The molecule has 0 N–H and O–H groups in total. The number of thiophene rings is 2. The van der Waals surface area contributed by atoms with Crippen LogP contribution in [0.4, 0.5) is 51.2 Å². The molecule has 13 aromatic rings. The van der Waals surface area contributed by atoms with E-state index in [1.165, 1.54) is 73.7 Å². The fourth-order valence-electron chi connectivity index (χ4n) is 11.4. The standard InChI is InChI=1S/C69H49N3S2/c1-69(2)63-29-16-15-28-57(63)58-36-31-55(44-64(58)69)72(54-34-39-66-62(43-54)60-37-32-56(45-68(60)74-66)71(50-23-11-5-12-24-50)51-25-13-6-14-26-51)53-33-38-65-61(42-53)59-35-30-47(41-67(59)73-65)46-18-17-27-52(40-46)70(48-19-7-3-8-20-48)49-21-9-4-10-22-49/h3-45H,1-2H3. The molecule has 352 valence electrons. The SMILES string of the molecule is CC1(C)c2ccccc2-c2ccc(N(c3ccc4sc5cc(-c6cccc(N(c7ccccc7)c7ccccc7)c6)ccc5c4c3)c3ccc4sc5cc(N(c6ccccc6)c6ccccc6)ccc5c4c3)cc21. The molecular weight excluding hydrogens is 935 g/mol. The van der Waals surface area contributed by atoms with Gasteiger partial charge in [0.1, 0.15) is 0 Å². The van der Waals surface area contributed by atoms with Gasteiger partial charge in [0.15, 0.2) is 0 Å². The van der Waals surface area contributed by atoms with Crippen molar-refractivity contribution in [2.45, 2.75) is 19.3 Å². The molecule has 0 atom stereocenters. The second-order valence-electron chi connectivity index (χ2n) is 19.8. The van der Waals surface area contributed by atoms with Crippen LogP contribution in [0.2, 0.25) is 0 Å². The summed E-state index contributed by atoms with van der Waals surface area (Å²) in [5, 5.41) is 5.04. The van der Waals surface area contributed by atoms with Gasteiger partial charge in [-0.05, 0) is 161 Å². The Morgan fingerprint density at radius 3 is 1.24 bits per heavy atom. The summed E-state index contributed by atoms with van der Waals surface area (Å²) in [7, 11) is 0. The normalized spacial score (nSPS) is 12.6. The zero-order chi connectivity index (χ0) is 49.3. The van der Waals surface area contributed by atoms with Crippen LogP contribution in [-0.4, -0.2) is 0 Å². The Morgan fingerprint density at radius 2 is 0.662 bits per heavy atom. The number of hydrogen-bond acceptors (Lipinski definition) is 5. The topological polar surface area (TPSA) is 9.72 Å². The summed E-state index contributed by atoms with van der Waals surface area (Å²) in [5.74, 6) is 0. The van der Waals surface area contributed by atoms with Crippen molar-refractivity contribution >= 4 is 114 Å². The van der Waals surface area contributed by atoms with Gasteiger partial charge in [-0.3, -0.25) is 0 Å². The van der Waals surface area contributed by atoms with Crippen molar-refractivity contribution in [2.75, 3.05) is 14.7 Å². The summed E-state index contributed by atoms with van der Waals surface area (Å²) in [6, 6.07) is 95.7. The van der Waals surface area contributed by atoms with Crippen molar-refractivity contribution in [2.24, 2.45) is 0 Å². The van der Waals surface area contributed by atoms with Gasteiger partial charge in [0, 0.05) is 96.9 Å². The number of fused-ring (bicyclic) bond motifs is 9. The monoisotopic (exact) mass is 983 g/mol. The van der Waals surface area contributed by atoms with E-state index in [0.29, 0.717) is 0 Å². The van der Waals surface area contributed by atoms with E-state index in [9.17, 15) is 0 Å². The molecule has 14 rings (SSSR count). The zero-order valence-electron chi connectivity index (χ0n) is 41.0. The first-order chi connectivity index (χ1) is 36.4. The van der Waals surface area contributed by atoms with E-state index >= 15 is 0 Å². The molecule has 2 heterocycles. The van der Waals surface area contributed by atoms with Crippen LogP contribution in [-0.2, 0) is 5.41 Å². The molecule has 1 aliphatic carbocycles. The molecule has 0 radical (unpaired) electrons. The molecule has 0 spiro atoms. The highest BCUT2D eigenvalue weighted by molar-refractivity contribution is 7.26. The molecule has 0 amide bonds. The second-order valence-corrected chi connectivity index (χ2v) is 21.9. The van der Waals surface area contributed by atoms with Crippen LogP contribution >= 0.6 is 22.7 Å². The molecule has 5 heteroatoms. The maximum atomic E-state index is 2.48. The van der Waals surface area contributed by atoms with E-state index in [1.54, 1.807) is 0 Å². The smallest absolute Gasteiger partial charge is 0.0476 e. The van der Waals surface area contributed by atoms with Crippen LogP contribution in [0.1, 0.15) is 25.0 Å². The quantitative estimate of drug-likeness (QED) is 0.135. The lowest BCUT2D eigenvalue weighted by atomic mass is 9.82. The minimum absolute atomic E-state index is 0.141. The van der Waals surface area contributed by atoms with Gasteiger partial charge < -0.3 is 14.7 Å². The molecule has 0 fully saturated rings. The predicted molar refractivity (Wildman–Crippen MR) is 319 cm³/mol. The third-order valence-electron chi connectivity index (χ3n) is 15.0. The van der Waals surface area contributed by atoms with Gasteiger partial charge in [0.05, 0.1) is 0 Å². The largest absolute Gasteiger partial charge is 0.310 e. The zero-order valence-corrected chi connectivity index (χ0v) is 42.6. The van der Waals surface area contributed by atoms with E-state index in [-0.39, 0.29) is 5.41 Å². The fraction of sp³-hybridized carbons (Fsp3) is 0.0435. The van der Waals surface area contributed by atoms with Gasteiger partial charge in [-0.2, -0.15) is 0 Å². The predicted octanol–water partition coefficient (Wildman–Crippen LogP) is 20.8. The Morgan fingerprint density at radius 1 is 0.257 bits per heavy atom. The summed E-state index contributed by atoms with van der Waals surface area (Å²) >= 11 is 3.73. The molecule has 0 unspecified atom stereocenters. The molecule has 0 bridgehead atoms. The molecule has 2 aromatic heterocycles. The van der Waals surface area contributed by atoms with Crippen LogP contribution in [0.3, 0.4) is 0 Å². The van der Waals surface area contributed by atoms with Gasteiger partial charge in [-0.25, -0.2) is 0 Å². The number of anilines is 9. The Bertz CT molecular complexity index is 4160. The van der Waals surface area contributed by atoms with Gasteiger partial charge in [0.2, 0.25) is 0 Å². The second kappa shape index (κ2) is 17.8. The summed E-state index contributed by atoms with van der Waals surface area (Å²) < 4.78 is 5.08. The molecule has 74 heavy (non-hydrogen) atoms. The van der Waals surface area contributed by atoms with Crippen molar-refractivity contribution < 1.29 is 0 Å². The first-order valence-electron chi connectivity index (χ1n) is 25.3. The van der Waals surface area contributed by atoms with E-state index < -0.39 is 0 Å². The first kappa shape index (κ1) is 44.0. The summed E-state index contributed by atoms with van der Waals surface area (Å²) in [6.07, 6.45) is 0. The van der Waals surface area contributed by atoms with Gasteiger partial charge in [-0.15, -0.1) is 22.7 Å². The van der Waals surface area contributed by atoms with Crippen LogP contribution in [0.15, 0.2) is 261 Å². The van der Waals surface area contributed by atoms with E-state index in [4.69, 9.17) is 0 Å². The molecular formula is C69H49N3S2. The Labute approximate surface area is 439 Å². The maximum Gasteiger partial charge on any atom is 0.0476 e. The fourth-order valence-corrected chi connectivity index (χ4v) is 13.7. The lowest BCUT2D eigenvalue weighted by molar-refractivity contribution is 0.660. The molecule has 11 aromatic carbocycles. The highest BCUT2D eigenvalue weighted by Gasteiger charge is 2.36. The number of para-hydroxylation sites is 4. The van der Waals surface area contributed by atoms with Crippen molar-refractivity contribution in [3.63, 3.8) is 0 Å². The third-order valence-corrected chi connectivity index (χ3v) is 17.3. The number of rotatable bonds is 10. The number of benzene rings is 11. The maximum absolute atomic E-state index is 2.48. The van der Waals surface area contributed by atoms with Crippen molar-refractivity contribution in [3.05, 3.63) is 272 Å². The number of hydrogen-bond donors (Lipinski definition) is 0. The van der Waals surface area contributed by atoms with Crippen molar-refractivity contribution in [1.29, 1.82) is 0 Å². The summed E-state index contributed by atoms with van der Waals surface area (Å²) in [5.41, 5.74) is 17.8. The Balaban J connectivity index is 0.879. The summed E-state index contributed by atoms with van der Waals surface area (Å²) in [6.45, 7) is 4.74. The van der Waals surface area contributed by atoms with Crippen LogP contribution < -0.4 is 14.7 Å². The minimum Gasteiger partial charge on any atom is -0.310 e. The lowest BCUT2D eigenvalue weighted by Gasteiger charge is -2.28. The third kappa shape index (κ3) is 7.46. The molecule has 0 saturated heterocycles. The first-order valence-corrected chi connectivity index (χ1v) is 26.9. The lowest BCUT2D eigenvalue weighted by Crippen LogP contribution is -2.16. The Hall–Kier alpha value is -8.74. The highest BCUT2D eigenvalue weighted by atomic mass is 32.1. The van der Waals surface area contributed by atoms with Crippen LogP contribution in [0.5, 0.6) is 0 Å². The molecule has 3 nitrogen and oxygen atoms in total. The minimum atomic E-state index is -0.141. The molecule has 0 saturated carbocycles. The highest BCUT2D eigenvalue weighted by Crippen LogP contribution is 2.52. The van der Waals surface area contributed by atoms with Gasteiger partial charge in [0.25, 0.3) is 0 Å². The van der Waals surface area contributed by atoms with Crippen molar-refractivity contribution in [3.8, 4) is 22.3 Å². The average Bonchev–Trinajstić information content (AvgIpc) is 4.09. The number of nitrogens with zero attached hydrogens (tertiary/aromatic N) is 3. The van der Waals surface area contributed by atoms with E-state index in [1.807, 2.05) is 22.7 Å².